The molecule has 8 heteroatoms. The standard InChI is InChI=1S/C19H18N4O3S/c1-12-5-3-6-13(9-12)17-21-19(23-22-17)27-11-16(24)20-15-8-4-7-14(10-15)18(25)26-2/h3-10H,11H2,1-2H3,(H,20,24)(H,21,22,23). The highest BCUT2D eigenvalue weighted by Crippen LogP contribution is 2.20. The molecule has 0 unspecified atom stereocenters. The number of anilines is 1. The Labute approximate surface area is 160 Å². The van der Waals surface area contributed by atoms with Crippen LogP contribution in [0.5, 0.6) is 0 Å². The maximum absolute atomic E-state index is 12.1. The number of thioether (sulfide) groups is 1. The average Bonchev–Trinajstić information content (AvgIpc) is 3.15. The summed E-state index contributed by atoms with van der Waals surface area (Å²) in [4.78, 5) is 28.1. The van der Waals surface area contributed by atoms with Crippen molar-refractivity contribution >= 4 is 29.3 Å². The average molecular weight is 382 g/mol. The first-order chi connectivity index (χ1) is 13.0. The van der Waals surface area contributed by atoms with Crippen molar-refractivity contribution in [3.8, 4) is 11.4 Å². The Balaban J connectivity index is 1.58. The molecule has 1 heterocycles. The van der Waals surface area contributed by atoms with Crippen molar-refractivity contribution < 1.29 is 14.3 Å². The van der Waals surface area contributed by atoms with Crippen LogP contribution in [0.4, 0.5) is 5.69 Å². The number of nitrogens with one attached hydrogen (secondary N) is 2. The van der Waals surface area contributed by atoms with E-state index in [0.717, 1.165) is 11.1 Å². The predicted molar refractivity (Wildman–Crippen MR) is 104 cm³/mol. The third-order valence-corrected chi connectivity index (χ3v) is 4.50. The molecule has 0 aliphatic heterocycles. The van der Waals surface area contributed by atoms with Gasteiger partial charge in [0.05, 0.1) is 18.4 Å². The van der Waals surface area contributed by atoms with E-state index in [0.29, 0.717) is 22.2 Å². The largest absolute Gasteiger partial charge is 0.465 e. The third kappa shape index (κ3) is 4.95. The minimum atomic E-state index is -0.454. The number of esters is 1. The van der Waals surface area contributed by atoms with Gasteiger partial charge in [0, 0.05) is 11.3 Å². The van der Waals surface area contributed by atoms with Crippen LogP contribution in [0.1, 0.15) is 15.9 Å². The summed E-state index contributed by atoms with van der Waals surface area (Å²) in [5, 5.41) is 10.3. The first-order valence-corrected chi connectivity index (χ1v) is 9.14. The Bertz CT molecular complexity index is 971. The van der Waals surface area contributed by atoms with Crippen molar-refractivity contribution in [2.24, 2.45) is 0 Å². The Morgan fingerprint density at radius 1 is 1.19 bits per heavy atom. The maximum Gasteiger partial charge on any atom is 0.337 e. The molecule has 1 amide bonds. The normalized spacial score (nSPS) is 10.4. The van der Waals surface area contributed by atoms with Gasteiger partial charge in [-0.05, 0) is 31.2 Å². The number of aryl methyl sites for hydroxylation is 1. The molecule has 0 aliphatic rings. The van der Waals surface area contributed by atoms with E-state index < -0.39 is 5.97 Å². The molecule has 27 heavy (non-hydrogen) atoms. The topological polar surface area (TPSA) is 97.0 Å². The fourth-order valence-corrected chi connectivity index (χ4v) is 3.00. The van der Waals surface area contributed by atoms with Crippen LogP contribution in [0.2, 0.25) is 0 Å². The van der Waals surface area contributed by atoms with E-state index in [9.17, 15) is 9.59 Å². The van der Waals surface area contributed by atoms with E-state index in [1.54, 1.807) is 24.3 Å². The lowest BCUT2D eigenvalue weighted by Gasteiger charge is -2.06. The Hall–Kier alpha value is -3.13. The molecular weight excluding hydrogens is 364 g/mol. The van der Waals surface area contributed by atoms with E-state index in [1.807, 2.05) is 31.2 Å². The lowest BCUT2D eigenvalue weighted by molar-refractivity contribution is -0.113. The molecule has 138 valence electrons. The number of rotatable bonds is 6. The summed E-state index contributed by atoms with van der Waals surface area (Å²) in [6.07, 6.45) is 0. The fourth-order valence-electron chi connectivity index (χ4n) is 2.40. The highest BCUT2D eigenvalue weighted by molar-refractivity contribution is 7.99. The minimum Gasteiger partial charge on any atom is -0.465 e. The highest BCUT2D eigenvalue weighted by atomic mass is 32.2. The van der Waals surface area contributed by atoms with Gasteiger partial charge in [-0.2, -0.15) is 0 Å². The van der Waals surface area contributed by atoms with E-state index >= 15 is 0 Å². The highest BCUT2D eigenvalue weighted by Gasteiger charge is 2.11. The number of hydrogen-bond donors (Lipinski definition) is 2. The zero-order valence-electron chi connectivity index (χ0n) is 14.9. The van der Waals surface area contributed by atoms with Crippen molar-refractivity contribution in [2.75, 3.05) is 18.2 Å². The van der Waals surface area contributed by atoms with Crippen molar-refractivity contribution in [2.45, 2.75) is 12.1 Å². The summed E-state index contributed by atoms with van der Waals surface area (Å²) in [5.41, 5.74) is 2.98. The molecule has 3 rings (SSSR count). The number of aromatic nitrogens is 3. The van der Waals surface area contributed by atoms with Gasteiger partial charge in [-0.15, -0.1) is 5.10 Å². The summed E-state index contributed by atoms with van der Waals surface area (Å²) in [6.45, 7) is 2.01. The van der Waals surface area contributed by atoms with Crippen LogP contribution in [-0.4, -0.2) is 39.9 Å². The van der Waals surface area contributed by atoms with Gasteiger partial charge in [0.2, 0.25) is 11.1 Å². The van der Waals surface area contributed by atoms with Crippen LogP contribution in [0.3, 0.4) is 0 Å². The molecule has 0 saturated carbocycles. The second-order valence-electron chi connectivity index (χ2n) is 5.75. The molecule has 0 atom stereocenters. The molecule has 0 aliphatic carbocycles. The van der Waals surface area contributed by atoms with Crippen LogP contribution >= 0.6 is 11.8 Å². The van der Waals surface area contributed by atoms with Crippen LogP contribution in [-0.2, 0) is 9.53 Å². The van der Waals surface area contributed by atoms with E-state index in [2.05, 4.69) is 25.2 Å². The van der Waals surface area contributed by atoms with Crippen molar-refractivity contribution in [3.63, 3.8) is 0 Å². The molecule has 0 radical (unpaired) electrons. The van der Waals surface area contributed by atoms with Gasteiger partial charge in [-0.1, -0.05) is 41.6 Å². The number of methoxy groups -OCH3 is 1. The molecule has 0 spiro atoms. The SMILES string of the molecule is COC(=O)c1cccc(NC(=O)CSc2n[nH]c(-c3cccc(C)c3)n2)c1. The third-order valence-electron chi connectivity index (χ3n) is 3.66. The molecule has 3 aromatic rings. The molecular formula is C19H18N4O3S. The summed E-state index contributed by atoms with van der Waals surface area (Å²) in [5.74, 6) is 0.134. The fraction of sp³-hybridized carbons (Fsp3) is 0.158. The van der Waals surface area contributed by atoms with Gasteiger partial charge in [0.25, 0.3) is 0 Å². The predicted octanol–water partition coefficient (Wildman–Crippen LogP) is 3.30. The summed E-state index contributed by atoms with van der Waals surface area (Å²) in [6, 6.07) is 14.5. The van der Waals surface area contributed by atoms with Crippen molar-refractivity contribution in [1.82, 2.24) is 15.2 Å². The van der Waals surface area contributed by atoms with Gasteiger partial charge in [0.15, 0.2) is 5.82 Å². The van der Waals surface area contributed by atoms with Crippen LogP contribution in [0.25, 0.3) is 11.4 Å². The molecule has 0 fully saturated rings. The number of amides is 1. The summed E-state index contributed by atoms with van der Waals surface area (Å²) >= 11 is 1.23. The lowest BCUT2D eigenvalue weighted by Crippen LogP contribution is -2.14. The number of ether oxygens (including phenoxy) is 1. The van der Waals surface area contributed by atoms with E-state index in [-0.39, 0.29) is 11.7 Å². The molecule has 0 bridgehead atoms. The van der Waals surface area contributed by atoms with Crippen molar-refractivity contribution in [1.29, 1.82) is 0 Å². The maximum atomic E-state index is 12.1. The monoisotopic (exact) mass is 382 g/mol. The lowest BCUT2D eigenvalue weighted by atomic mass is 10.1. The van der Waals surface area contributed by atoms with Crippen LogP contribution in [0.15, 0.2) is 53.7 Å². The van der Waals surface area contributed by atoms with E-state index in [4.69, 9.17) is 0 Å². The minimum absolute atomic E-state index is 0.146. The number of hydrogen-bond acceptors (Lipinski definition) is 6. The molecule has 7 nitrogen and oxygen atoms in total. The molecule has 1 aromatic heterocycles. The number of carbonyl (C=O) groups is 2. The molecule has 2 aromatic carbocycles. The van der Waals surface area contributed by atoms with Crippen LogP contribution in [0, 0.1) is 6.92 Å². The summed E-state index contributed by atoms with van der Waals surface area (Å²) in [7, 11) is 1.31. The quantitative estimate of drug-likeness (QED) is 0.501. The molecule has 2 N–H and O–H groups in total. The van der Waals surface area contributed by atoms with E-state index in [1.165, 1.54) is 18.9 Å². The number of benzene rings is 2. The summed E-state index contributed by atoms with van der Waals surface area (Å²) < 4.78 is 4.67. The first-order valence-electron chi connectivity index (χ1n) is 8.15. The number of aromatic amines is 1. The van der Waals surface area contributed by atoms with Crippen LogP contribution < -0.4 is 5.32 Å². The van der Waals surface area contributed by atoms with Gasteiger partial charge >= 0.3 is 5.97 Å². The van der Waals surface area contributed by atoms with Gasteiger partial charge in [-0.3, -0.25) is 9.89 Å². The Kier molecular flexibility index (Phi) is 5.87. The Morgan fingerprint density at radius 2 is 2.00 bits per heavy atom. The number of H-pyrrole nitrogens is 1. The second-order valence-corrected chi connectivity index (χ2v) is 6.69. The number of nitrogens with zero attached hydrogens (tertiary/aromatic N) is 2. The van der Waals surface area contributed by atoms with Gasteiger partial charge in [-0.25, -0.2) is 9.78 Å². The number of carbonyl (C=O) groups excluding carboxylic acids is 2. The smallest absolute Gasteiger partial charge is 0.337 e. The zero-order chi connectivity index (χ0) is 19.2. The first kappa shape index (κ1) is 18.7. The van der Waals surface area contributed by atoms with Gasteiger partial charge in [0.1, 0.15) is 0 Å². The van der Waals surface area contributed by atoms with Gasteiger partial charge < -0.3 is 10.1 Å². The van der Waals surface area contributed by atoms with Crippen molar-refractivity contribution in [3.05, 3.63) is 59.7 Å². The molecule has 0 saturated heterocycles. The zero-order valence-corrected chi connectivity index (χ0v) is 15.7. The second kappa shape index (κ2) is 8.50. The Morgan fingerprint density at radius 3 is 2.78 bits per heavy atom.